The van der Waals surface area contributed by atoms with Crippen molar-refractivity contribution in [2.75, 3.05) is 18.1 Å². The molecule has 5 nitrogen and oxygen atoms in total. The third-order valence-corrected chi connectivity index (χ3v) is 4.95. The number of carbonyl (C=O) groups is 2. The summed E-state index contributed by atoms with van der Waals surface area (Å²) in [5, 5.41) is 1.37. The Morgan fingerprint density at radius 2 is 1.23 bits per heavy atom. The molecule has 0 fully saturated rings. The molecule has 1 aliphatic rings. The molecule has 1 heterocycles. The highest BCUT2D eigenvalue weighted by Crippen LogP contribution is 2.46. The topological polar surface area (TPSA) is 55.8 Å². The van der Waals surface area contributed by atoms with Gasteiger partial charge in [0.1, 0.15) is 17.3 Å². The molecule has 0 radical (unpaired) electrons. The van der Waals surface area contributed by atoms with E-state index in [9.17, 15) is 14.0 Å². The number of carbonyl (C=O) groups excluding carboxylic acids is 2. The maximum Gasteiger partial charge on any atom is 0.270 e. The Morgan fingerprint density at radius 1 is 0.767 bits per heavy atom. The number of hydrogen-bond donors (Lipinski definition) is 0. The van der Waals surface area contributed by atoms with Crippen LogP contribution in [0.5, 0.6) is 11.5 Å². The molecule has 4 rings (SSSR count). The number of amides is 2. The molecule has 0 spiro atoms. The zero-order valence-electron chi connectivity index (χ0n) is 16.9. The van der Waals surface area contributed by atoms with Crippen LogP contribution in [0.2, 0.25) is 0 Å². The summed E-state index contributed by atoms with van der Waals surface area (Å²) in [6.07, 6.45) is 1.46. The summed E-state index contributed by atoms with van der Waals surface area (Å²) in [5.74, 6) is -1.20. The van der Waals surface area contributed by atoms with Crippen LogP contribution in [-0.2, 0) is 0 Å². The fourth-order valence-electron chi connectivity index (χ4n) is 3.66. The van der Waals surface area contributed by atoms with E-state index in [1.807, 2.05) is 38.1 Å². The first-order chi connectivity index (χ1) is 14.6. The minimum absolute atomic E-state index is 0.0874. The second kappa shape index (κ2) is 8.14. The largest absolute Gasteiger partial charge is 0.492 e. The van der Waals surface area contributed by atoms with E-state index in [0.29, 0.717) is 35.5 Å². The maximum absolute atomic E-state index is 14.5. The summed E-state index contributed by atoms with van der Waals surface area (Å²) in [6, 6.07) is 13.1. The summed E-state index contributed by atoms with van der Waals surface area (Å²) in [7, 11) is 0. The number of benzene rings is 3. The van der Waals surface area contributed by atoms with Crippen LogP contribution < -0.4 is 14.4 Å². The second-order valence-electron chi connectivity index (χ2n) is 7.05. The molecular formula is C24H22FNO4. The third-order valence-electron chi connectivity index (χ3n) is 4.95. The zero-order chi connectivity index (χ0) is 21.3. The van der Waals surface area contributed by atoms with Gasteiger partial charge < -0.3 is 9.47 Å². The zero-order valence-corrected chi connectivity index (χ0v) is 16.9. The van der Waals surface area contributed by atoms with Crippen molar-refractivity contribution in [2.24, 2.45) is 0 Å². The lowest BCUT2D eigenvalue weighted by atomic mass is 9.99. The second-order valence-corrected chi connectivity index (χ2v) is 7.05. The first kappa shape index (κ1) is 19.9. The number of fused-ring (bicyclic) bond motifs is 2. The quantitative estimate of drug-likeness (QED) is 0.495. The molecule has 1 aliphatic heterocycles. The van der Waals surface area contributed by atoms with E-state index in [2.05, 4.69) is 0 Å². The fraction of sp³-hybridized carbons (Fsp3) is 0.250. The van der Waals surface area contributed by atoms with Crippen molar-refractivity contribution in [1.29, 1.82) is 0 Å². The number of rotatable bonds is 7. The molecule has 30 heavy (non-hydrogen) atoms. The average molecular weight is 407 g/mol. The van der Waals surface area contributed by atoms with Crippen molar-refractivity contribution < 1.29 is 23.5 Å². The van der Waals surface area contributed by atoms with E-state index < -0.39 is 17.6 Å². The summed E-state index contributed by atoms with van der Waals surface area (Å²) < 4.78 is 26.4. The number of halogens is 1. The Balaban J connectivity index is 2.01. The van der Waals surface area contributed by atoms with Crippen LogP contribution in [0.3, 0.4) is 0 Å². The van der Waals surface area contributed by atoms with E-state index in [0.717, 1.165) is 17.7 Å². The number of anilines is 1. The molecule has 0 atom stereocenters. The molecule has 2 amide bonds. The predicted molar refractivity (Wildman–Crippen MR) is 113 cm³/mol. The van der Waals surface area contributed by atoms with Crippen molar-refractivity contribution in [2.45, 2.75) is 26.7 Å². The smallest absolute Gasteiger partial charge is 0.270 e. The lowest BCUT2D eigenvalue weighted by molar-refractivity contribution is 0.0923. The molecule has 0 bridgehead atoms. The van der Waals surface area contributed by atoms with Gasteiger partial charge in [0.15, 0.2) is 0 Å². The Morgan fingerprint density at radius 3 is 1.70 bits per heavy atom. The normalized spacial score (nSPS) is 13.1. The van der Waals surface area contributed by atoms with E-state index >= 15 is 0 Å². The van der Waals surface area contributed by atoms with Crippen LogP contribution in [-0.4, -0.2) is 25.0 Å². The Hall–Kier alpha value is -3.41. The third kappa shape index (κ3) is 3.09. The van der Waals surface area contributed by atoms with Crippen LogP contribution >= 0.6 is 0 Å². The number of nitrogens with zero attached hydrogens (tertiary/aromatic N) is 1. The molecule has 6 heteroatoms. The van der Waals surface area contributed by atoms with Crippen molar-refractivity contribution in [3.63, 3.8) is 0 Å². The summed E-state index contributed by atoms with van der Waals surface area (Å²) in [4.78, 5) is 27.7. The lowest BCUT2D eigenvalue weighted by Crippen LogP contribution is -2.30. The van der Waals surface area contributed by atoms with Gasteiger partial charge >= 0.3 is 0 Å². The number of imide groups is 1. The van der Waals surface area contributed by atoms with Gasteiger partial charge in [-0.25, -0.2) is 9.29 Å². The van der Waals surface area contributed by atoms with E-state index in [1.165, 1.54) is 18.2 Å². The SMILES string of the molecule is CCCOc1c2c(c(OCCC)c3ccccc13)C(=O)N(c1ccccc1F)C2=O. The molecule has 3 aromatic carbocycles. The highest BCUT2D eigenvalue weighted by Gasteiger charge is 2.44. The van der Waals surface area contributed by atoms with Crippen molar-refractivity contribution >= 4 is 28.3 Å². The molecule has 0 unspecified atom stereocenters. The molecule has 0 N–H and O–H groups in total. The van der Waals surface area contributed by atoms with Gasteiger partial charge in [0.2, 0.25) is 0 Å². The molecule has 0 aromatic heterocycles. The van der Waals surface area contributed by atoms with E-state index in [-0.39, 0.29) is 16.8 Å². The lowest BCUT2D eigenvalue weighted by Gasteiger charge is -2.16. The van der Waals surface area contributed by atoms with E-state index in [1.54, 1.807) is 6.07 Å². The fourth-order valence-corrected chi connectivity index (χ4v) is 3.66. The van der Waals surface area contributed by atoms with Crippen LogP contribution in [0.25, 0.3) is 10.8 Å². The van der Waals surface area contributed by atoms with Crippen molar-refractivity contribution in [3.8, 4) is 11.5 Å². The summed E-state index contributed by atoms with van der Waals surface area (Å²) in [5.41, 5.74) is 0.165. The number of hydrogen-bond acceptors (Lipinski definition) is 4. The standard InChI is InChI=1S/C24H22FNO4/c1-3-13-29-21-15-9-5-6-10-16(15)22(30-14-4-2)20-19(21)23(27)26(24(20)28)18-12-8-7-11-17(18)25/h5-12H,3-4,13-14H2,1-2H3. The van der Waals surface area contributed by atoms with Gasteiger partial charge in [0.25, 0.3) is 11.8 Å². The van der Waals surface area contributed by atoms with Crippen LogP contribution in [0, 0.1) is 5.82 Å². The Labute approximate surface area is 174 Å². The van der Waals surface area contributed by atoms with Crippen molar-refractivity contribution in [3.05, 3.63) is 65.5 Å². The van der Waals surface area contributed by atoms with Gasteiger partial charge in [-0.1, -0.05) is 50.2 Å². The molecular weight excluding hydrogens is 385 g/mol. The summed E-state index contributed by atoms with van der Waals surface area (Å²) >= 11 is 0. The average Bonchev–Trinajstić information content (AvgIpc) is 3.01. The van der Waals surface area contributed by atoms with Gasteiger partial charge in [-0.05, 0) is 25.0 Å². The molecule has 0 saturated heterocycles. The summed E-state index contributed by atoms with van der Waals surface area (Å²) in [6.45, 7) is 4.68. The first-order valence-corrected chi connectivity index (χ1v) is 10.1. The number of ether oxygens (including phenoxy) is 2. The Bertz CT molecular complexity index is 1070. The molecule has 0 aliphatic carbocycles. The predicted octanol–water partition coefficient (Wildman–Crippen LogP) is 5.36. The minimum Gasteiger partial charge on any atom is -0.492 e. The van der Waals surface area contributed by atoms with Gasteiger partial charge in [-0.2, -0.15) is 0 Å². The van der Waals surface area contributed by atoms with Gasteiger partial charge in [-0.3, -0.25) is 9.59 Å². The van der Waals surface area contributed by atoms with Crippen molar-refractivity contribution in [1.82, 2.24) is 0 Å². The van der Waals surface area contributed by atoms with E-state index in [4.69, 9.17) is 9.47 Å². The van der Waals surface area contributed by atoms with Gasteiger partial charge in [-0.15, -0.1) is 0 Å². The van der Waals surface area contributed by atoms with Crippen LogP contribution in [0.15, 0.2) is 48.5 Å². The highest BCUT2D eigenvalue weighted by molar-refractivity contribution is 6.38. The monoisotopic (exact) mass is 407 g/mol. The minimum atomic E-state index is -0.649. The maximum atomic E-state index is 14.5. The first-order valence-electron chi connectivity index (χ1n) is 10.1. The molecule has 154 valence electrons. The van der Waals surface area contributed by atoms with Gasteiger partial charge in [0, 0.05) is 10.8 Å². The van der Waals surface area contributed by atoms with Crippen LogP contribution in [0.4, 0.5) is 10.1 Å². The Kier molecular flexibility index (Phi) is 5.40. The molecule has 0 saturated carbocycles. The highest BCUT2D eigenvalue weighted by atomic mass is 19.1. The van der Waals surface area contributed by atoms with Crippen LogP contribution in [0.1, 0.15) is 47.4 Å². The van der Waals surface area contributed by atoms with Gasteiger partial charge in [0.05, 0.1) is 30.0 Å². The molecule has 3 aromatic rings. The number of para-hydroxylation sites is 1.